The summed E-state index contributed by atoms with van der Waals surface area (Å²) in [6, 6.07) is 4.92. The van der Waals surface area contributed by atoms with Crippen molar-refractivity contribution in [1.29, 1.82) is 0 Å². The first-order chi connectivity index (χ1) is 12.3. The van der Waals surface area contributed by atoms with Crippen molar-refractivity contribution in [3.05, 3.63) is 41.8 Å². The van der Waals surface area contributed by atoms with Gasteiger partial charge < -0.3 is 4.52 Å². The van der Waals surface area contributed by atoms with Gasteiger partial charge in [0.1, 0.15) is 5.82 Å². The molecule has 0 atom stereocenters. The van der Waals surface area contributed by atoms with Crippen LogP contribution in [0.5, 0.6) is 0 Å². The van der Waals surface area contributed by atoms with E-state index in [0.717, 1.165) is 18.6 Å². The second-order valence-electron chi connectivity index (χ2n) is 6.84. The number of sulfonamides is 1. The summed E-state index contributed by atoms with van der Waals surface area (Å²) < 4.78 is 44.9. The Morgan fingerprint density at radius 1 is 1.15 bits per heavy atom. The Balaban J connectivity index is 1.57. The summed E-state index contributed by atoms with van der Waals surface area (Å²) in [5.74, 6) is 1.26. The normalized spacial score (nSPS) is 17.1. The summed E-state index contributed by atoms with van der Waals surface area (Å²) in [5.41, 5.74) is 0. The molecule has 0 spiro atoms. The first-order valence-electron chi connectivity index (χ1n) is 8.64. The van der Waals surface area contributed by atoms with Gasteiger partial charge in [0.05, 0.1) is 11.4 Å². The maximum Gasteiger partial charge on any atom is 0.243 e. The third kappa shape index (κ3) is 4.46. The topological polar surface area (TPSA) is 79.5 Å². The fourth-order valence-corrected chi connectivity index (χ4v) is 4.30. The Hall–Kier alpha value is -1.84. The molecule has 0 N–H and O–H groups in total. The Bertz CT molecular complexity index is 828. The van der Waals surface area contributed by atoms with E-state index in [1.807, 2.05) is 0 Å². The van der Waals surface area contributed by atoms with Gasteiger partial charge in [-0.15, -0.1) is 0 Å². The molecule has 1 aliphatic rings. The van der Waals surface area contributed by atoms with Gasteiger partial charge in [-0.2, -0.15) is 9.29 Å². The molecule has 0 unspecified atom stereocenters. The lowest BCUT2D eigenvalue weighted by atomic mass is 10.1. The molecule has 0 aliphatic carbocycles. The summed E-state index contributed by atoms with van der Waals surface area (Å²) in [6.07, 6.45) is 0.771. The molecule has 26 heavy (non-hydrogen) atoms. The van der Waals surface area contributed by atoms with E-state index >= 15 is 0 Å². The van der Waals surface area contributed by atoms with Crippen LogP contribution in [0.3, 0.4) is 0 Å². The molecule has 142 valence electrons. The average Bonchev–Trinajstić information content (AvgIpc) is 3.02. The van der Waals surface area contributed by atoms with Crippen molar-refractivity contribution in [2.45, 2.75) is 31.7 Å². The number of halogens is 1. The van der Waals surface area contributed by atoms with Gasteiger partial charge >= 0.3 is 0 Å². The quantitative estimate of drug-likeness (QED) is 0.759. The van der Waals surface area contributed by atoms with Crippen LogP contribution < -0.4 is 0 Å². The van der Waals surface area contributed by atoms with Crippen molar-refractivity contribution in [2.24, 2.45) is 5.92 Å². The maximum absolute atomic E-state index is 13.0. The molecular formula is C17H23FN4O3S. The Kier molecular flexibility index (Phi) is 5.69. The van der Waals surface area contributed by atoms with Crippen LogP contribution in [-0.2, 0) is 23.0 Å². The Morgan fingerprint density at radius 2 is 1.81 bits per heavy atom. The summed E-state index contributed by atoms with van der Waals surface area (Å²) in [6.45, 7) is 6.58. The number of piperazine rings is 1. The van der Waals surface area contributed by atoms with Crippen LogP contribution in [0.25, 0.3) is 0 Å². The predicted octanol–water partition coefficient (Wildman–Crippen LogP) is 1.91. The molecular weight excluding hydrogens is 359 g/mol. The zero-order valence-corrected chi connectivity index (χ0v) is 15.7. The van der Waals surface area contributed by atoms with Gasteiger partial charge in [0, 0.05) is 32.6 Å². The molecule has 3 rings (SSSR count). The van der Waals surface area contributed by atoms with Gasteiger partial charge in [0.25, 0.3) is 0 Å². The lowest BCUT2D eigenvalue weighted by molar-refractivity contribution is 0.163. The SMILES string of the molecule is CC(C)Cc1noc(CN2CCN(S(=O)(=O)c3ccc(F)cc3)CC2)n1. The smallest absolute Gasteiger partial charge is 0.243 e. The molecule has 0 amide bonds. The number of benzene rings is 1. The summed E-state index contributed by atoms with van der Waals surface area (Å²) >= 11 is 0. The van der Waals surface area contributed by atoms with Gasteiger partial charge in [0.15, 0.2) is 5.82 Å². The molecule has 1 aromatic carbocycles. The highest BCUT2D eigenvalue weighted by molar-refractivity contribution is 7.89. The minimum atomic E-state index is -3.60. The number of nitrogens with zero attached hydrogens (tertiary/aromatic N) is 4. The molecule has 7 nitrogen and oxygen atoms in total. The minimum Gasteiger partial charge on any atom is -0.338 e. The van der Waals surface area contributed by atoms with Crippen molar-refractivity contribution in [2.75, 3.05) is 26.2 Å². The van der Waals surface area contributed by atoms with Crippen molar-refractivity contribution in [3.8, 4) is 0 Å². The van der Waals surface area contributed by atoms with Crippen LogP contribution in [0.1, 0.15) is 25.6 Å². The molecule has 2 aromatic rings. The fourth-order valence-electron chi connectivity index (χ4n) is 2.88. The van der Waals surface area contributed by atoms with E-state index in [1.165, 1.54) is 16.4 Å². The predicted molar refractivity (Wildman–Crippen MR) is 93.3 cm³/mol. The molecule has 0 radical (unpaired) electrons. The monoisotopic (exact) mass is 382 g/mol. The zero-order chi connectivity index (χ0) is 18.7. The minimum absolute atomic E-state index is 0.113. The molecule has 1 saturated heterocycles. The van der Waals surface area contributed by atoms with Crippen molar-refractivity contribution in [1.82, 2.24) is 19.3 Å². The first kappa shape index (κ1) is 18.9. The largest absolute Gasteiger partial charge is 0.338 e. The molecule has 1 fully saturated rings. The van der Waals surface area contributed by atoms with Crippen LogP contribution >= 0.6 is 0 Å². The van der Waals surface area contributed by atoms with Gasteiger partial charge in [-0.3, -0.25) is 4.90 Å². The average molecular weight is 382 g/mol. The Morgan fingerprint density at radius 3 is 2.42 bits per heavy atom. The highest BCUT2D eigenvalue weighted by atomic mass is 32.2. The molecule has 2 heterocycles. The molecule has 0 bridgehead atoms. The van der Waals surface area contributed by atoms with E-state index in [4.69, 9.17) is 4.52 Å². The molecule has 1 aromatic heterocycles. The molecule has 0 saturated carbocycles. The van der Waals surface area contributed by atoms with Crippen molar-refractivity contribution < 1.29 is 17.3 Å². The second-order valence-corrected chi connectivity index (χ2v) is 8.77. The van der Waals surface area contributed by atoms with Crippen LogP contribution in [0, 0.1) is 11.7 Å². The van der Waals surface area contributed by atoms with Crippen LogP contribution in [0.15, 0.2) is 33.7 Å². The van der Waals surface area contributed by atoms with E-state index in [-0.39, 0.29) is 4.90 Å². The highest BCUT2D eigenvalue weighted by Gasteiger charge is 2.29. The number of hydrogen-bond donors (Lipinski definition) is 0. The highest BCUT2D eigenvalue weighted by Crippen LogP contribution is 2.18. The van der Waals surface area contributed by atoms with Crippen LogP contribution in [-0.4, -0.2) is 53.9 Å². The third-order valence-corrected chi connectivity index (χ3v) is 6.16. The summed E-state index contributed by atoms with van der Waals surface area (Å²) in [5, 5.41) is 3.97. The lowest BCUT2D eigenvalue weighted by Gasteiger charge is -2.33. The maximum atomic E-state index is 13.0. The number of hydrogen-bond acceptors (Lipinski definition) is 6. The van der Waals surface area contributed by atoms with E-state index in [0.29, 0.717) is 50.4 Å². The first-order valence-corrected chi connectivity index (χ1v) is 10.1. The fraction of sp³-hybridized carbons (Fsp3) is 0.529. The standard InChI is InChI=1S/C17H23FN4O3S/c1-13(2)11-16-19-17(25-20-16)12-21-7-9-22(10-8-21)26(23,24)15-5-3-14(18)4-6-15/h3-6,13H,7-12H2,1-2H3. The third-order valence-electron chi connectivity index (χ3n) is 4.24. The van der Waals surface area contributed by atoms with E-state index < -0.39 is 15.8 Å². The van der Waals surface area contributed by atoms with Gasteiger partial charge in [-0.05, 0) is 30.2 Å². The lowest BCUT2D eigenvalue weighted by Crippen LogP contribution is -2.48. The van der Waals surface area contributed by atoms with E-state index in [2.05, 4.69) is 28.9 Å². The number of rotatable bonds is 6. The Labute approximate surface area is 152 Å². The molecule has 1 aliphatic heterocycles. The van der Waals surface area contributed by atoms with Crippen LogP contribution in [0.2, 0.25) is 0 Å². The van der Waals surface area contributed by atoms with Gasteiger partial charge in [-0.25, -0.2) is 12.8 Å². The van der Waals surface area contributed by atoms with Crippen molar-refractivity contribution >= 4 is 10.0 Å². The summed E-state index contributed by atoms with van der Waals surface area (Å²) in [4.78, 5) is 6.58. The molecule has 9 heteroatoms. The van der Waals surface area contributed by atoms with E-state index in [9.17, 15) is 12.8 Å². The summed E-state index contributed by atoms with van der Waals surface area (Å²) in [7, 11) is -3.60. The van der Waals surface area contributed by atoms with Crippen LogP contribution in [0.4, 0.5) is 4.39 Å². The van der Waals surface area contributed by atoms with E-state index in [1.54, 1.807) is 0 Å². The van der Waals surface area contributed by atoms with Gasteiger partial charge in [0.2, 0.25) is 15.9 Å². The second kappa shape index (κ2) is 7.81. The number of aromatic nitrogens is 2. The van der Waals surface area contributed by atoms with Crippen molar-refractivity contribution in [3.63, 3.8) is 0 Å². The van der Waals surface area contributed by atoms with Gasteiger partial charge in [-0.1, -0.05) is 19.0 Å². The zero-order valence-electron chi connectivity index (χ0n) is 14.9.